The zero-order valence-electron chi connectivity index (χ0n) is 18.2. The van der Waals surface area contributed by atoms with Crippen molar-refractivity contribution in [1.29, 1.82) is 0 Å². The molecule has 2 aromatic rings. The van der Waals surface area contributed by atoms with Gasteiger partial charge in [0, 0.05) is 18.7 Å². The van der Waals surface area contributed by atoms with Crippen molar-refractivity contribution in [2.45, 2.75) is 19.8 Å². The number of carbonyl (C=O) groups excluding carboxylic acids is 4. The summed E-state index contributed by atoms with van der Waals surface area (Å²) in [4.78, 5) is 53.7. The molecule has 4 atom stereocenters. The van der Waals surface area contributed by atoms with Crippen LogP contribution >= 0.6 is 0 Å². The minimum atomic E-state index is -0.559. The van der Waals surface area contributed by atoms with Crippen molar-refractivity contribution in [2.24, 2.45) is 23.7 Å². The normalized spacial score (nSPS) is 26.6. The van der Waals surface area contributed by atoms with Crippen molar-refractivity contribution in [2.75, 3.05) is 16.3 Å². The quantitative estimate of drug-likeness (QED) is 0.313. The van der Waals surface area contributed by atoms with Crippen LogP contribution in [0.2, 0.25) is 0 Å². The first-order valence-corrected chi connectivity index (χ1v) is 11.2. The maximum Gasteiger partial charge on any atom is 0.316 e. The average molecular weight is 444 g/mol. The molecule has 0 bridgehead atoms. The molecule has 2 heterocycles. The Bertz CT molecular complexity index is 1140. The first kappa shape index (κ1) is 21.1. The topological polar surface area (TPSA) is 84.0 Å². The second-order valence-corrected chi connectivity index (χ2v) is 8.82. The summed E-state index contributed by atoms with van der Waals surface area (Å²) in [6.07, 6.45) is 4.63. The van der Waals surface area contributed by atoms with E-state index < -0.39 is 11.9 Å². The zero-order chi connectivity index (χ0) is 23.1. The number of amides is 3. The third-order valence-electron chi connectivity index (χ3n) is 6.71. The van der Waals surface area contributed by atoms with Crippen molar-refractivity contribution in [3.63, 3.8) is 0 Å². The number of allylic oxidation sites excluding steroid dienone is 2. The maximum atomic E-state index is 12.9. The van der Waals surface area contributed by atoms with Crippen molar-refractivity contribution >= 4 is 35.1 Å². The Balaban J connectivity index is 1.25. The molecule has 0 radical (unpaired) electrons. The number of anilines is 2. The molecule has 3 aliphatic rings. The molecular weight excluding hydrogens is 420 g/mol. The molecule has 0 N–H and O–H groups in total. The summed E-state index contributed by atoms with van der Waals surface area (Å²) in [5, 5.41) is 0. The summed E-state index contributed by atoms with van der Waals surface area (Å²) < 4.78 is 5.50. The number of fused-ring (bicyclic) bond motifs is 1. The van der Waals surface area contributed by atoms with Crippen LogP contribution in [-0.4, -0.2) is 30.2 Å². The van der Waals surface area contributed by atoms with Crippen molar-refractivity contribution < 1.29 is 23.9 Å². The van der Waals surface area contributed by atoms with E-state index in [0.717, 1.165) is 5.69 Å². The van der Waals surface area contributed by atoms with Gasteiger partial charge < -0.3 is 9.64 Å². The molecule has 168 valence electrons. The molecule has 2 aromatic carbocycles. The molecule has 0 unspecified atom stereocenters. The second kappa shape index (κ2) is 8.31. The molecule has 2 aliphatic heterocycles. The molecule has 7 nitrogen and oxygen atoms in total. The first-order valence-electron chi connectivity index (χ1n) is 11.2. The highest BCUT2D eigenvalue weighted by Gasteiger charge is 2.50. The van der Waals surface area contributed by atoms with Gasteiger partial charge in [-0.2, -0.15) is 0 Å². The number of para-hydroxylation sites is 1. The number of hydrogen-bond donors (Lipinski definition) is 0. The third kappa shape index (κ3) is 3.73. The molecule has 0 spiro atoms. The lowest BCUT2D eigenvalue weighted by molar-refractivity contribution is -0.139. The van der Waals surface area contributed by atoms with Crippen LogP contribution in [0.1, 0.15) is 19.8 Å². The predicted molar refractivity (Wildman–Crippen MR) is 121 cm³/mol. The summed E-state index contributed by atoms with van der Waals surface area (Å²) >= 11 is 0. The average Bonchev–Trinajstić information content (AvgIpc) is 3.33. The monoisotopic (exact) mass is 444 g/mol. The summed E-state index contributed by atoms with van der Waals surface area (Å²) in [5.41, 5.74) is 1.23. The van der Waals surface area contributed by atoms with E-state index in [1.807, 2.05) is 49.4 Å². The van der Waals surface area contributed by atoms with E-state index in [1.54, 1.807) is 29.2 Å². The molecule has 3 amide bonds. The Morgan fingerprint density at radius 1 is 0.939 bits per heavy atom. The SMILES string of the molecule is C[C@H]1C=CC[C@@H]2C(=O)N(c3ccc(OC(=O)[C@@H]4CC(=O)N(c5ccccc5)C4)cc3)C(=O)[C@@H]21. The number of benzene rings is 2. The third-order valence-corrected chi connectivity index (χ3v) is 6.71. The zero-order valence-corrected chi connectivity index (χ0v) is 18.2. The van der Waals surface area contributed by atoms with Crippen molar-refractivity contribution in [3.8, 4) is 5.75 Å². The smallest absolute Gasteiger partial charge is 0.316 e. The molecular formula is C26H24N2O5. The lowest BCUT2D eigenvalue weighted by Crippen LogP contribution is -2.31. The molecule has 0 saturated carbocycles. The van der Waals surface area contributed by atoms with Crippen LogP contribution in [0, 0.1) is 23.7 Å². The minimum Gasteiger partial charge on any atom is -0.426 e. The predicted octanol–water partition coefficient (Wildman–Crippen LogP) is 3.35. The number of esters is 1. The molecule has 2 fully saturated rings. The van der Waals surface area contributed by atoms with Crippen LogP contribution in [-0.2, 0) is 19.2 Å². The summed E-state index contributed by atoms with van der Waals surface area (Å²) in [5.74, 6) is -1.83. The van der Waals surface area contributed by atoms with E-state index >= 15 is 0 Å². The van der Waals surface area contributed by atoms with Crippen LogP contribution in [0.3, 0.4) is 0 Å². The molecule has 5 rings (SSSR count). The number of rotatable bonds is 4. The summed E-state index contributed by atoms with van der Waals surface area (Å²) in [7, 11) is 0. The van der Waals surface area contributed by atoms with Gasteiger partial charge >= 0.3 is 5.97 Å². The van der Waals surface area contributed by atoms with Crippen LogP contribution in [0.15, 0.2) is 66.7 Å². The van der Waals surface area contributed by atoms with E-state index in [9.17, 15) is 19.2 Å². The maximum absolute atomic E-state index is 12.9. The van der Waals surface area contributed by atoms with Gasteiger partial charge in [0.1, 0.15) is 5.75 Å². The fourth-order valence-electron chi connectivity index (χ4n) is 4.99. The number of nitrogens with zero attached hydrogens (tertiary/aromatic N) is 2. The highest BCUT2D eigenvalue weighted by Crippen LogP contribution is 2.40. The van der Waals surface area contributed by atoms with Crippen LogP contribution in [0.5, 0.6) is 5.75 Å². The van der Waals surface area contributed by atoms with Crippen LogP contribution in [0.4, 0.5) is 11.4 Å². The van der Waals surface area contributed by atoms with E-state index in [2.05, 4.69) is 0 Å². The van der Waals surface area contributed by atoms with Gasteiger partial charge in [-0.15, -0.1) is 0 Å². The van der Waals surface area contributed by atoms with E-state index in [0.29, 0.717) is 17.9 Å². The second-order valence-electron chi connectivity index (χ2n) is 8.82. The van der Waals surface area contributed by atoms with E-state index in [1.165, 1.54) is 4.90 Å². The molecule has 0 aromatic heterocycles. The van der Waals surface area contributed by atoms with Gasteiger partial charge in [-0.05, 0) is 48.7 Å². The molecule has 7 heteroatoms. The molecule has 2 saturated heterocycles. The van der Waals surface area contributed by atoms with Gasteiger partial charge in [-0.3, -0.25) is 24.1 Å². The van der Waals surface area contributed by atoms with Crippen LogP contribution in [0.25, 0.3) is 0 Å². The Kier molecular flexibility index (Phi) is 5.32. The number of ether oxygens (including phenoxy) is 1. The molecule has 1 aliphatic carbocycles. The largest absolute Gasteiger partial charge is 0.426 e. The lowest BCUT2D eigenvalue weighted by atomic mass is 9.78. The van der Waals surface area contributed by atoms with Gasteiger partial charge in [0.15, 0.2) is 0 Å². The number of hydrogen-bond acceptors (Lipinski definition) is 5. The highest BCUT2D eigenvalue weighted by molar-refractivity contribution is 6.22. The number of carbonyl (C=O) groups is 4. The fraction of sp³-hybridized carbons (Fsp3) is 0.308. The Labute approximate surface area is 191 Å². The van der Waals surface area contributed by atoms with Gasteiger partial charge in [0.25, 0.3) is 0 Å². The number of imide groups is 1. The van der Waals surface area contributed by atoms with E-state index in [-0.39, 0.29) is 48.4 Å². The van der Waals surface area contributed by atoms with Gasteiger partial charge in [-0.1, -0.05) is 37.3 Å². The van der Waals surface area contributed by atoms with Crippen LogP contribution < -0.4 is 14.5 Å². The fourth-order valence-corrected chi connectivity index (χ4v) is 4.99. The molecule has 33 heavy (non-hydrogen) atoms. The summed E-state index contributed by atoms with van der Waals surface area (Å²) in [6.45, 7) is 2.22. The lowest BCUT2D eigenvalue weighted by Gasteiger charge is -2.22. The van der Waals surface area contributed by atoms with Gasteiger partial charge in [-0.25, -0.2) is 0 Å². The van der Waals surface area contributed by atoms with Crippen molar-refractivity contribution in [3.05, 3.63) is 66.7 Å². The van der Waals surface area contributed by atoms with Crippen molar-refractivity contribution in [1.82, 2.24) is 0 Å². The Morgan fingerprint density at radius 2 is 1.67 bits per heavy atom. The first-order chi connectivity index (χ1) is 15.9. The minimum absolute atomic E-state index is 0.0231. The Morgan fingerprint density at radius 3 is 2.36 bits per heavy atom. The standard InChI is InChI=1S/C26H24N2O5/c1-16-6-5-9-21-23(16)25(31)28(24(21)30)19-10-12-20(13-11-19)33-26(32)17-14-22(29)27(15-17)18-7-3-2-4-8-18/h2-8,10-13,16-17,21,23H,9,14-15H2,1H3/t16-,17+,21-,23+/m0/s1. The van der Waals surface area contributed by atoms with Gasteiger partial charge in [0.2, 0.25) is 17.7 Å². The highest BCUT2D eigenvalue weighted by atomic mass is 16.5. The van der Waals surface area contributed by atoms with Gasteiger partial charge in [0.05, 0.1) is 23.4 Å². The summed E-state index contributed by atoms with van der Waals surface area (Å²) in [6, 6.07) is 15.6. The Hall–Kier alpha value is -3.74. The van der Waals surface area contributed by atoms with E-state index in [4.69, 9.17) is 4.74 Å².